The maximum Gasteiger partial charge on any atom is 0.233 e. The highest BCUT2D eigenvalue weighted by molar-refractivity contribution is 7.99. The molecular formula is C22H25N5O3S. The van der Waals surface area contributed by atoms with E-state index in [4.69, 9.17) is 10.2 Å². The molecule has 1 fully saturated rings. The van der Waals surface area contributed by atoms with E-state index in [1.165, 1.54) is 11.8 Å². The maximum absolute atomic E-state index is 12.7. The number of primary amides is 1. The minimum atomic E-state index is -0.280. The lowest BCUT2D eigenvalue weighted by molar-refractivity contribution is -0.132. The van der Waals surface area contributed by atoms with E-state index in [0.29, 0.717) is 43.5 Å². The number of benzene rings is 1. The number of piperidine rings is 1. The molecule has 3 heterocycles. The molecule has 1 aliphatic rings. The van der Waals surface area contributed by atoms with Crippen molar-refractivity contribution >= 4 is 23.6 Å². The van der Waals surface area contributed by atoms with Crippen LogP contribution in [0.4, 0.5) is 0 Å². The van der Waals surface area contributed by atoms with Crippen molar-refractivity contribution in [2.45, 2.75) is 31.5 Å². The van der Waals surface area contributed by atoms with Crippen LogP contribution in [0.1, 0.15) is 24.2 Å². The molecule has 31 heavy (non-hydrogen) atoms. The van der Waals surface area contributed by atoms with Gasteiger partial charge in [-0.2, -0.15) is 0 Å². The van der Waals surface area contributed by atoms with Crippen molar-refractivity contribution in [3.8, 4) is 11.4 Å². The van der Waals surface area contributed by atoms with Crippen LogP contribution in [0.25, 0.3) is 11.4 Å². The zero-order valence-electron chi connectivity index (χ0n) is 17.4. The van der Waals surface area contributed by atoms with E-state index in [-0.39, 0.29) is 23.5 Å². The lowest BCUT2D eigenvalue weighted by Gasteiger charge is -2.30. The average molecular weight is 440 g/mol. The topological polar surface area (TPSA) is 107 Å². The van der Waals surface area contributed by atoms with Crippen LogP contribution in [0.5, 0.6) is 0 Å². The molecule has 0 unspecified atom stereocenters. The Balaban J connectivity index is 1.49. The Morgan fingerprint density at radius 3 is 2.55 bits per heavy atom. The minimum absolute atomic E-state index is 0.0308. The number of carbonyl (C=O) groups excluding carboxylic acids is 2. The predicted molar refractivity (Wildman–Crippen MR) is 117 cm³/mol. The molecule has 2 aromatic heterocycles. The molecule has 2 N–H and O–H groups in total. The highest BCUT2D eigenvalue weighted by Gasteiger charge is 2.26. The number of hydrogen-bond acceptors (Lipinski definition) is 6. The Morgan fingerprint density at radius 1 is 1.16 bits per heavy atom. The lowest BCUT2D eigenvalue weighted by Crippen LogP contribution is -2.42. The molecule has 3 aromatic rings. The quantitative estimate of drug-likeness (QED) is 0.567. The number of furan rings is 1. The second kappa shape index (κ2) is 9.38. The van der Waals surface area contributed by atoms with E-state index in [1.807, 2.05) is 35.8 Å². The number of rotatable bonds is 7. The summed E-state index contributed by atoms with van der Waals surface area (Å²) >= 11 is 1.38. The van der Waals surface area contributed by atoms with Crippen LogP contribution >= 0.6 is 11.8 Å². The van der Waals surface area contributed by atoms with Gasteiger partial charge in [0.25, 0.3) is 0 Å². The van der Waals surface area contributed by atoms with Crippen molar-refractivity contribution in [1.29, 1.82) is 0 Å². The first kappa shape index (κ1) is 21.2. The summed E-state index contributed by atoms with van der Waals surface area (Å²) in [5.74, 6) is 1.37. The third-order valence-electron chi connectivity index (χ3n) is 5.57. The molecule has 4 rings (SSSR count). The van der Waals surface area contributed by atoms with Gasteiger partial charge in [0.1, 0.15) is 5.76 Å². The number of aryl methyl sites for hydroxylation is 1. The van der Waals surface area contributed by atoms with Gasteiger partial charge < -0.3 is 15.1 Å². The summed E-state index contributed by atoms with van der Waals surface area (Å²) in [4.78, 5) is 25.9. The summed E-state index contributed by atoms with van der Waals surface area (Å²) in [5.41, 5.74) is 7.39. The highest BCUT2D eigenvalue weighted by atomic mass is 32.2. The van der Waals surface area contributed by atoms with E-state index in [2.05, 4.69) is 22.3 Å². The third-order valence-corrected chi connectivity index (χ3v) is 6.53. The molecule has 0 radical (unpaired) electrons. The highest BCUT2D eigenvalue weighted by Crippen LogP contribution is 2.28. The maximum atomic E-state index is 12.7. The molecular weight excluding hydrogens is 414 g/mol. The van der Waals surface area contributed by atoms with Gasteiger partial charge in [0, 0.05) is 19.0 Å². The lowest BCUT2D eigenvalue weighted by atomic mass is 9.96. The number of aromatic nitrogens is 3. The summed E-state index contributed by atoms with van der Waals surface area (Å²) in [6.07, 6.45) is 2.89. The smallest absolute Gasteiger partial charge is 0.233 e. The van der Waals surface area contributed by atoms with Crippen LogP contribution in [0, 0.1) is 12.8 Å². The SMILES string of the molecule is Cc1occc1-c1nnc(SCC(=O)N2CCC(C(N)=O)CC2)n1Cc1ccccc1. The van der Waals surface area contributed by atoms with Crippen LogP contribution in [-0.4, -0.2) is 50.3 Å². The summed E-state index contributed by atoms with van der Waals surface area (Å²) in [6.45, 7) is 3.60. The van der Waals surface area contributed by atoms with Crippen LogP contribution in [0.2, 0.25) is 0 Å². The molecule has 1 saturated heterocycles. The fraction of sp³-hybridized carbons (Fsp3) is 0.364. The van der Waals surface area contributed by atoms with Gasteiger partial charge in [0.2, 0.25) is 11.8 Å². The Morgan fingerprint density at radius 2 is 1.90 bits per heavy atom. The molecule has 0 saturated carbocycles. The summed E-state index contributed by atoms with van der Waals surface area (Å²) in [7, 11) is 0. The first-order valence-corrected chi connectivity index (χ1v) is 11.2. The van der Waals surface area contributed by atoms with Gasteiger partial charge in [-0.15, -0.1) is 10.2 Å². The second-order valence-corrected chi connectivity index (χ2v) is 8.56. The van der Waals surface area contributed by atoms with Gasteiger partial charge in [-0.3, -0.25) is 14.2 Å². The van der Waals surface area contributed by atoms with E-state index >= 15 is 0 Å². The van der Waals surface area contributed by atoms with E-state index < -0.39 is 0 Å². The van der Waals surface area contributed by atoms with Crippen LogP contribution in [-0.2, 0) is 16.1 Å². The largest absolute Gasteiger partial charge is 0.469 e. The number of nitrogens with two attached hydrogens (primary N) is 1. The molecule has 0 bridgehead atoms. The second-order valence-electron chi connectivity index (χ2n) is 7.61. The summed E-state index contributed by atoms with van der Waals surface area (Å²) < 4.78 is 7.47. The molecule has 8 nitrogen and oxygen atoms in total. The Hall–Kier alpha value is -3.07. The predicted octanol–water partition coefficient (Wildman–Crippen LogP) is 2.71. The van der Waals surface area contributed by atoms with Crippen molar-refractivity contribution < 1.29 is 14.0 Å². The standard InChI is InChI=1S/C22H25N5O3S/c1-15-18(9-12-30-15)21-24-25-22(27(21)13-16-5-3-2-4-6-16)31-14-19(28)26-10-7-17(8-11-26)20(23)29/h2-6,9,12,17H,7-8,10-11,13-14H2,1H3,(H2,23,29). The number of hydrogen-bond donors (Lipinski definition) is 1. The normalized spacial score (nSPS) is 14.7. The zero-order valence-corrected chi connectivity index (χ0v) is 18.2. The Kier molecular flexibility index (Phi) is 6.41. The molecule has 9 heteroatoms. The molecule has 1 aromatic carbocycles. The van der Waals surface area contributed by atoms with Crippen molar-refractivity contribution in [3.63, 3.8) is 0 Å². The number of amides is 2. The van der Waals surface area contributed by atoms with Crippen LogP contribution < -0.4 is 5.73 Å². The van der Waals surface area contributed by atoms with Crippen molar-refractivity contribution in [2.75, 3.05) is 18.8 Å². The first-order valence-electron chi connectivity index (χ1n) is 10.2. The van der Waals surface area contributed by atoms with Gasteiger partial charge in [0.05, 0.1) is 24.1 Å². The number of thioether (sulfide) groups is 1. The van der Waals surface area contributed by atoms with E-state index in [9.17, 15) is 9.59 Å². The molecule has 0 aliphatic carbocycles. The zero-order chi connectivity index (χ0) is 21.8. The molecule has 0 spiro atoms. The fourth-order valence-corrected chi connectivity index (χ4v) is 4.59. The van der Waals surface area contributed by atoms with Crippen molar-refractivity contribution in [2.24, 2.45) is 11.7 Å². The van der Waals surface area contributed by atoms with E-state index in [0.717, 1.165) is 16.9 Å². The Labute approximate surface area is 184 Å². The van der Waals surface area contributed by atoms with Crippen molar-refractivity contribution in [1.82, 2.24) is 19.7 Å². The van der Waals surface area contributed by atoms with Gasteiger partial charge in [-0.25, -0.2) is 0 Å². The van der Waals surface area contributed by atoms with E-state index in [1.54, 1.807) is 11.2 Å². The van der Waals surface area contributed by atoms with Crippen molar-refractivity contribution in [3.05, 3.63) is 54.0 Å². The molecule has 0 atom stereocenters. The number of carbonyl (C=O) groups is 2. The van der Waals surface area contributed by atoms with Gasteiger partial charge in [0.15, 0.2) is 11.0 Å². The third kappa shape index (κ3) is 4.82. The Bertz CT molecular complexity index is 1050. The molecule has 1 aliphatic heterocycles. The summed E-state index contributed by atoms with van der Waals surface area (Å²) in [5, 5.41) is 9.44. The average Bonchev–Trinajstić information content (AvgIpc) is 3.38. The fourth-order valence-electron chi connectivity index (χ4n) is 3.75. The molecule has 2 amide bonds. The molecule has 162 valence electrons. The first-order chi connectivity index (χ1) is 15.0. The van der Waals surface area contributed by atoms with Gasteiger partial charge in [-0.05, 0) is 31.4 Å². The van der Waals surface area contributed by atoms with Gasteiger partial charge >= 0.3 is 0 Å². The summed E-state index contributed by atoms with van der Waals surface area (Å²) in [6, 6.07) is 11.9. The number of nitrogens with zero attached hydrogens (tertiary/aromatic N) is 4. The van der Waals surface area contributed by atoms with Gasteiger partial charge in [-0.1, -0.05) is 42.1 Å². The van der Waals surface area contributed by atoms with Crippen LogP contribution in [0.15, 0.2) is 52.2 Å². The van der Waals surface area contributed by atoms with Crippen LogP contribution in [0.3, 0.4) is 0 Å². The number of likely N-dealkylation sites (tertiary alicyclic amines) is 1. The monoisotopic (exact) mass is 439 g/mol. The minimum Gasteiger partial charge on any atom is -0.469 e.